The molecular formula is C22H24N2O4. The van der Waals surface area contributed by atoms with Crippen LogP contribution in [-0.2, 0) is 9.59 Å². The number of ketones is 1. The number of anilines is 1. The molecule has 0 aliphatic carbocycles. The lowest BCUT2D eigenvalue weighted by Gasteiger charge is -2.34. The summed E-state index contributed by atoms with van der Waals surface area (Å²) in [5.41, 5.74) is 1.44. The van der Waals surface area contributed by atoms with Gasteiger partial charge in [-0.1, -0.05) is 49.4 Å². The molecule has 2 aromatic rings. The number of likely N-dealkylation sites (tertiary alicyclic amines) is 1. The quantitative estimate of drug-likeness (QED) is 0.753. The van der Waals surface area contributed by atoms with Gasteiger partial charge in [0.2, 0.25) is 5.91 Å². The molecular weight excluding hydrogens is 356 g/mol. The summed E-state index contributed by atoms with van der Waals surface area (Å²) in [6, 6.07) is 15.8. The van der Waals surface area contributed by atoms with Crippen LogP contribution in [0, 0.1) is 11.8 Å². The van der Waals surface area contributed by atoms with E-state index in [1.54, 1.807) is 48.5 Å². The van der Waals surface area contributed by atoms with Crippen molar-refractivity contribution in [2.24, 2.45) is 11.8 Å². The van der Waals surface area contributed by atoms with Gasteiger partial charge in [0.25, 0.3) is 0 Å². The summed E-state index contributed by atoms with van der Waals surface area (Å²) in [6.45, 7) is 3.13. The SMILES string of the molecule is CC1CC(C(=O)O)CN(CC(=O)Nc2ccccc2C(=O)c2ccccc2)C1. The number of nitrogens with zero attached hydrogens (tertiary/aromatic N) is 1. The van der Waals surface area contributed by atoms with Crippen molar-refractivity contribution in [3.05, 3.63) is 65.7 Å². The Labute approximate surface area is 164 Å². The molecule has 2 N–H and O–H groups in total. The summed E-state index contributed by atoms with van der Waals surface area (Å²) in [4.78, 5) is 38.5. The predicted octanol–water partition coefficient (Wildman–Crippen LogP) is 2.90. The second-order valence-corrected chi connectivity index (χ2v) is 7.36. The number of hydrogen-bond donors (Lipinski definition) is 2. The molecule has 28 heavy (non-hydrogen) atoms. The maximum absolute atomic E-state index is 12.8. The Bertz CT molecular complexity index is 866. The number of aliphatic carboxylic acids is 1. The highest BCUT2D eigenvalue weighted by Gasteiger charge is 2.30. The molecule has 0 spiro atoms. The molecule has 1 aliphatic heterocycles. The van der Waals surface area contributed by atoms with Crippen molar-refractivity contribution in [2.45, 2.75) is 13.3 Å². The molecule has 1 saturated heterocycles. The van der Waals surface area contributed by atoms with Gasteiger partial charge in [-0.2, -0.15) is 0 Å². The minimum atomic E-state index is -0.823. The number of carboxylic acids is 1. The first-order chi connectivity index (χ1) is 13.4. The van der Waals surface area contributed by atoms with Crippen LogP contribution in [0.4, 0.5) is 5.69 Å². The van der Waals surface area contributed by atoms with Gasteiger partial charge in [0.1, 0.15) is 0 Å². The largest absolute Gasteiger partial charge is 0.481 e. The summed E-state index contributed by atoms with van der Waals surface area (Å²) in [6.07, 6.45) is 0.627. The van der Waals surface area contributed by atoms with Crippen LogP contribution in [0.3, 0.4) is 0 Å². The summed E-state index contributed by atoms with van der Waals surface area (Å²) in [5.74, 6) is -1.48. The van der Waals surface area contributed by atoms with Gasteiger partial charge in [0.15, 0.2) is 5.78 Å². The van der Waals surface area contributed by atoms with Gasteiger partial charge in [-0.3, -0.25) is 19.3 Å². The van der Waals surface area contributed by atoms with Crippen molar-refractivity contribution in [1.82, 2.24) is 4.90 Å². The van der Waals surface area contributed by atoms with Crippen LogP contribution < -0.4 is 5.32 Å². The Morgan fingerprint density at radius 3 is 2.43 bits per heavy atom. The monoisotopic (exact) mass is 380 g/mol. The molecule has 2 atom stereocenters. The lowest BCUT2D eigenvalue weighted by Crippen LogP contribution is -2.45. The molecule has 0 aromatic heterocycles. The second-order valence-electron chi connectivity index (χ2n) is 7.36. The molecule has 1 aliphatic rings. The third kappa shape index (κ3) is 4.84. The fraction of sp³-hybridized carbons (Fsp3) is 0.318. The van der Waals surface area contributed by atoms with E-state index in [2.05, 4.69) is 5.32 Å². The van der Waals surface area contributed by atoms with Crippen LogP contribution in [-0.4, -0.2) is 47.3 Å². The van der Waals surface area contributed by atoms with E-state index < -0.39 is 11.9 Å². The zero-order valence-electron chi connectivity index (χ0n) is 15.8. The van der Waals surface area contributed by atoms with E-state index >= 15 is 0 Å². The highest BCUT2D eigenvalue weighted by molar-refractivity contribution is 6.13. The van der Waals surface area contributed by atoms with Gasteiger partial charge in [-0.15, -0.1) is 0 Å². The van der Waals surface area contributed by atoms with Gasteiger partial charge >= 0.3 is 5.97 Å². The van der Waals surface area contributed by atoms with Crippen molar-refractivity contribution in [1.29, 1.82) is 0 Å². The number of nitrogens with one attached hydrogen (secondary N) is 1. The normalized spacial score (nSPS) is 19.8. The van der Waals surface area contributed by atoms with Gasteiger partial charge in [0.05, 0.1) is 18.2 Å². The van der Waals surface area contributed by atoms with Crippen molar-refractivity contribution < 1.29 is 19.5 Å². The average molecular weight is 380 g/mol. The first-order valence-corrected chi connectivity index (χ1v) is 9.38. The zero-order valence-corrected chi connectivity index (χ0v) is 15.8. The smallest absolute Gasteiger partial charge is 0.307 e. The predicted molar refractivity (Wildman–Crippen MR) is 106 cm³/mol. The fourth-order valence-corrected chi connectivity index (χ4v) is 3.70. The van der Waals surface area contributed by atoms with Gasteiger partial charge in [0, 0.05) is 24.2 Å². The average Bonchev–Trinajstić information content (AvgIpc) is 2.68. The Morgan fingerprint density at radius 2 is 1.71 bits per heavy atom. The number of para-hydroxylation sites is 1. The van der Waals surface area contributed by atoms with Crippen LogP contribution >= 0.6 is 0 Å². The van der Waals surface area contributed by atoms with Gasteiger partial charge < -0.3 is 10.4 Å². The van der Waals surface area contributed by atoms with E-state index in [1.807, 2.05) is 17.9 Å². The van der Waals surface area contributed by atoms with E-state index in [0.29, 0.717) is 36.3 Å². The van der Waals surface area contributed by atoms with Gasteiger partial charge in [-0.25, -0.2) is 0 Å². The van der Waals surface area contributed by atoms with Gasteiger partial charge in [-0.05, 0) is 24.5 Å². The van der Waals surface area contributed by atoms with E-state index in [-0.39, 0.29) is 24.2 Å². The number of rotatable bonds is 6. The molecule has 146 valence electrons. The van der Waals surface area contributed by atoms with E-state index in [0.717, 1.165) is 0 Å². The number of benzene rings is 2. The molecule has 0 radical (unpaired) electrons. The first-order valence-electron chi connectivity index (χ1n) is 9.38. The summed E-state index contributed by atoms with van der Waals surface area (Å²) in [7, 11) is 0. The molecule has 1 fully saturated rings. The summed E-state index contributed by atoms with van der Waals surface area (Å²) in [5, 5.41) is 12.1. The Kier molecular flexibility index (Phi) is 6.21. The molecule has 1 heterocycles. The number of carbonyl (C=O) groups excluding carboxylic acids is 2. The maximum Gasteiger partial charge on any atom is 0.307 e. The number of carboxylic acid groups (broad SMARTS) is 1. The highest BCUT2D eigenvalue weighted by Crippen LogP contribution is 2.22. The number of piperidine rings is 1. The number of carbonyl (C=O) groups is 3. The van der Waals surface area contributed by atoms with Crippen LogP contribution in [0.1, 0.15) is 29.3 Å². The molecule has 6 nitrogen and oxygen atoms in total. The lowest BCUT2D eigenvalue weighted by molar-refractivity contribution is -0.144. The first kappa shape index (κ1) is 19.8. The minimum absolute atomic E-state index is 0.0992. The molecule has 2 unspecified atom stereocenters. The van der Waals surface area contributed by atoms with Crippen LogP contribution in [0.15, 0.2) is 54.6 Å². The molecule has 1 amide bonds. The molecule has 6 heteroatoms. The minimum Gasteiger partial charge on any atom is -0.481 e. The molecule has 0 saturated carbocycles. The Balaban J connectivity index is 1.69. The summed E-state index contributed by atoms with van der Waals surface area (Å²) < 4.78 is 0. The topological polar surface area (TPSA) is 86.7 Å². The van der Waals surface area contributed by atoms with Crippen molar-refractivity contribution in [3.8, 4) is 0 Å². The molecule has 3 rings (SSSR count). The Hall–Kier alpha value is -2.99. The van der Waals surface area contributed by atoms with Crippen LogP contribution in [0.25, 0.3) is 0 Å². The van der Waals surface area contributed by atoms with Crippen LogP contribution in [0.2, 0.25) is 0 Å². The van der Waals surface area contributed by atoms with Crippen LogP contribution in [0.5, 0.6) is 0 Å². The fourth-order valence-electron chi connectivity index (χ4n) is 3.70. The maximum atomic E-state index is 12.8. The van der Waals surface area contributed by atoms with Crippen molar-refractivity contribution in [3.63, 3.8) is 0 Å². The number of amides is 1. The molecule has 0 bridgehead atoms. The molecule has 2 aromatic carbocycles. The van der Waals surface area contributed by atoms with E-state index in [1.165, 1.54) is 0 Å². The Morgan fingerprint density at radius 1 is 1.04 bits per heavy atom. The second kappa shape index (κ2) is 8.80. The number of hydrogen-bond acceptors (Lipinski definition) is 4. The van der Waals surface area contributed by atoms with E-state index in [9.17, 15) is 19.5 Å². The standard InChI is InChI=1S/C22H24N2O4/c1-15-11-17(22(27)28)13-24(12-15)14-20(25)23-19-10-6-5-9-18(19)21(26)16-7-3-2-4-8-16/h2-10,15,17H,11-14H2,1H3,(H,23,25)(H,27,28). The van der Waals surface area contributed by atoms with Crippen molar-refractivity contribution >= 4 is 23.3 Å². The van der Waals surface area contributed by atoms with Crippen molar-refractivity contribution in [2.75, 3.05) is 25.0 Å². The summed E-state index contributed by atoms with van der Waals surface area (Å²) >= 11 is 0. The van der Waals surface area contributed by atoms with E-state index in [4.69, 9.17) is 0 Å². The lowest BCUT2D eigenvalue weighted by atomic mass is 9.90. The third-order valence-corrected chi connectivity index (χ3v) is 4.93. The zero-order chi connectivity index (χ0) is 20.1. The third-order valence-electron chi connectivity index (χ3n) is 4.93. The highest BCUT2D eigenvalue weighted by atomic mass is 16.4.